The number of carbonyl (C=O) groups excluding carboxylic acids is 1. The van der Waals surface area contributed by atoms with E-state index in [1.807, 2.05) is 41.8 Å². The van der Waals surface area contributed by atoms with Crippen LogP contribution in [0.15, 0.2) is 72.4 Å². The molecule has 28 heavy (non-hydrogen) atoms. The number of hydrogen-bond donors (Lipinski definition) is 1. The van der Waals surface area contributed by atoms with Crippen molar-refractivity contribution in [1.82, 2.24) is 20.1 Å². The van der Waals surface area contributed by atoms with Gasteiger partial charge in [0.15, 0.2) is 11.0 Å². The van der Waals surface area contributed by atoms with Crippen LogP contribution < -0.4 is 5.32 Å². The maximum Gasteiger partial charge on any atom is 0.233 e. The maximum absolute atomic E-state index is 13.0. The predicted octanol–water partition coefficient (Wildman–Crippen LogP) is 4.07. The first-order valence-corrected chi connectivity index (χ1v) is 9.74. The number of nitrogens with zero attached hydrogens (tertiary/aromatic N) is 3. The summed E-state index contributed by atoms with van der Waals surface area (Å²) in [6, 6.07) is 15.8. The van der Waals surface area contributed by atoms with Gasteiger partial charge in [0.1, 0.15) is 5.82 Å². The van der Waals surface area contributed by atoms with Gasteiger partial charge >= 0.3 is 0 Å². The molecule has 0 saturated carbocycles. The Labute approximate surface area is 167 Å². The Kier molecular flexibility index (Phi) is 6.60. The van der Waals surface area contributed by atoms with Crippen molar-refractivity contribution in [3.8, 4) is 11.4 Å². The Bertz CT molecular complexity index is 941. The molecule has 0 aliphatic heterocycles. The van der Waals surface area contributed by atoms with E-state index in [2.05, 4.69) is 22.1 Å². The van der Waals surface area contributed by atoms with Gasteiger partial charge in [-0.2, -0.15) is 0 Å². The van der Waals surface area contributed by atoms with Crippen LogP contribution in [-0.4, -0.2) is 25.9 Å². The highest BCUT2D eigenvalue weighted by atomic mass is 32.2. The van der Waals surface area contributed by atoms with Gasteiger partial charge in [-0.3, -0.25) is 9.36 Å². The minimum absolute atomic E-state index is 0.122. The van der Waals surface area contributed by atoms with Crippen molar-refractivity contribution in [2.24, 2.45) is 0 Å². The van der Waals surface area contributed by atoms with Gasteiger partial charge in [0.05, 0.1) is 5.25 Å². The lowest BCUT2D eigenvalue weighted by Gasteiger charge is -2.13. The highest BCUT2D eigenvalue weighted by molar-refractivity contribution is 8.00. The summed E-state index contributed by atoms with van der Waals surface area (Å²) in [6.45, 7) is 6.51. The van der Waals surface area contributed by atoms with Crippen molar-refractivity contribution in [1.29, 1.82) is 0 Å². The highest BCUT2D eigenvalue weighted by Gasteiger charge is 2.20. The summed E-state index contributed by atoms with van der Waals surface area (Å²) in [6.07, 6.45) is 1.78. The molecule has 1 amide bonds. The molecule has 2 aromatic carbocycles. The van der Waals surface area contributed by atoms with Crippen molar-refractivity contribution in [3.05, 3.63) is 78.6 Å². The number of hydrogen-bond acceptors (Lipinski definition) is 4. The van der Waals surface area contributed by atoms with Crippen LogP contribution in [-0.2, 0) is 17.9 Å². The molecule has 0 bridgehead atoms. The first-order valence-electron chi connectivity index (χ1n) is 8.87. The molecule has 0 spiro atoms. The normalized spacial score (nSPS) is 11.8. The minimum Gasteiger partial charge on any atom is -0.351 e. The molecule has 0 unspecified atom stereocenters. The van der Waals surface area contributed by atoms with E-state index in [4.69, 9.17) is 0 Å². The lowest BCUT2D eigenvalue weighted by atomic mass is 10.2. The Morgan fingerprint density at radius 2 is 1.93 bits per heavy atom. The quantitative estimate of drug-likeness (QED) is 0.461. The predicted molar refractivity (Wildman–Crippen MR) is 109 cm³/mol. The average Bonchev–Trinajstić information content (AvgIpc) is 3.10. The van der Waals surface area contributed by atoms with Crippen LogP contribution in [0.2, 0.25) is 0 Å². The summed E-state index contributed by atoms with van der Waals surface area (Å²) in [7, 11) is 0. The lowest BCUT2D eigenvalue weighted by Crippen LogP contribution is -2.30. The zero-order valence-electron chi connectivity index (χ0n) is 15.5. The Morgan fingerprint density at radius 3 is 2.61 bits per heavy atom. The fourth-order valence-electron chi connectivity index (χ4n) is 2.62. The Balaban J connectivity index is 1.68. The van der Waals surface area contributed by atoms with Gasteiger partial charge in [0.25, 0.3) is 0 Å². The van der Waals surface area contributed by atoms with E-state index in [9.17, 15) is 9.18 Å². The second-order valence-corrected chi connectivity index (χ2v) is 7.48. The summed E-state index contributed by atoms with van der Waals surface area (Å²) in [5.74, 6) is 0.320. The number of amides is 1. The van der Waals surface area contributed by atoms with Crippen molar-refractivity contribution < 1.29 is 9.18 Å². The van der Waals surface area contributed by atoms with Gasteiger partial charge < -0.3 is 5.32 Å². The second kappa shape index (κ2) is 9.32. The van der Waals surface area contributed by atoms with Crippen molar-refractivity contribution in [2.75, 3.05) is 0 Å². The molecule has 0 aliphatic rings. The van der Waals surface area contributed by atoms with Gasteiger partial charge in [-0.1, -0.05) is 60.3 Å². The van der Waals surface area contributed by atoms with Gasteiger partial charge in [-0.25, -0.2) is 4.39 Å². The first-order chi connectivity index (χ1) is 13.6. The number of benzene rings is 2. The number of aromatic nitrogens is 3. The van der Waals surface area contributed by atoms with Crippen LogP contribution in [0.4, 0.5) is 4.39 Å². The lowest BCUT2D eigenvalue weighted by molar-refractivity contribution is -0.120. The number of nitrogens with one attached hydrogen (secondary N) is 1. The second-order valence-electron chi connectivity index (χ2n) is 6.18. The molecule has 7 heteroatoms. The van der Waals surface area contributed by atoms with E-state index < -0.39 is 0 Å². The molecule has 1 N–H and O–H groups in total. The topological polar surface area (TPSA) is 59.8 Å². The molecule has 3 aromatic rings. The van der Waals surface area contributed by atoms with E-state index in [0.717, 1.165) is 17.0 Å². The fraction of sp³-hybridized carbons (Fsp3) is 0.190. The number of carbonyl (C=O) groups is 1. The molecular formula is C21H21FN4OS. The van der Waals surface area contributed by atoms with Gasteiger partial charge in [0, 0.05) is 18.7 Å². The summed E-state index contributed by atoms with van der Waals surface area (Å²) in [5.41, 5.74) is 1.80. The van der Waals surface area contributed by atoms with E-state index in [0.29, 0.717) is 18.2 Å². The molecule has 0 radical (unpaired) electrons. The SMILES string of the molecule is C=CCn1c(S[C@@H](C)C(=O)NCc2ccc(F)cc2)nnc1-c1ccccc1. The molecule has 1 atom stereocenters. The van der Waals surface area contributed by atoms with E-state index in [1.54, 1.807) is 18.2 Å². The molecule has 144 valence electrons. The van der Waals surface area contributed by atoms with Crippen LogP contribution in [0, 0.1) is 5.82 Å². The molecule has 1 heterocycles. The third-order valence-corrected chi connectivity index (χ3v) is 5.17. The molecular weight excluding hydrogens is 375 g/mol. The Morgan fingerprint density at radius 1 is 1.21 bits per heavy atom. The van der Waals surface area contributed by atoms with Gasteiger partial charge in [0.2, 0.25) is 5.91 Å². The van der Waals surface area contributed by atoms with Crippen LogP contribution in [0.3, 0.4) is 0 Å². The largest absolute Gasteiger partial charge is 0.351 e. The summed E-state index contributed by atoms with van der Waals surface area (Å²) < 4.78 is 14.9. The van der Waals surface area contributed by atoms with E-state index in [1.165, 1.54) is 23.9 Å². The number of rotatable bonds is 8. The third kappa shape index (κ3) is 4.86. The molecule has 3 rings (SSSR count). The van der Waals surface area contributed by atoms with Crippen LogP contribution in [0.25, 0.3) is 11.4 Å². The summed E-state index contributed by atoms with van der Waals surface area (Å²) >= 11 is 1.34. The van der Waals surface area contributed by atoms with Gasteiger partial charge in [-0.05, 0) is 24.6 Å². The molecule has 0 fully saturated rings. The van der Waals surface area contributed by atoms with Crippen molar-refractivity contribution >= 4 is 17.7 Å². The van der Waals surface area contributed by atoms with Crippen LogP contribution >= 0.6 is 11.8 Å². The van der Waals surface area contributed by atoms with Crippen LogP contribution in [0.5, 0.6) is 0 Å². The van der Waals surface area contributed by atoms with Gasteiger partial charge in [-0.15, -0.1) is 16.8 Å². The van der Waals surface area contributed by atoms with E-state index >= 15 is 0 Å². The summed E-state index contributed by atoms with van der Waals surface area (Å²) in [5, 5.41) is 11.7. The zero-order chi connectivity index (χ0) is 19.9. The summed E-state index contributed by atoms with van der Waals surface area (Å²) in [4.78, 5) is 12.4. The molecule has 0 aliphatic carbocycles. The van der Waals surface area contributed by atoms with E-state index in [-0.39, 0.29) is 17.0 Å². The molecule has 0 saturated heterocycles. The Hall–Kier alpha value is -2.93. The third-order valence-electron chi connectivity index (χ3n) is 4.09. The minimum atomic E-state index is -0.364. The maximum atomic E-state index is 13.0. The number of halogens is 1. The first kappa shape index (κ1) is 19.8. The monoisotopic (exact) mass is 396 g/mol. The highest BCUT2D eigenvalue weighted by Crippen LogP contribution is 2.27. The average molecular weight is 396 g/mol. The number of allylic oxidation sites excluding steroid dienone is 1. The smallest absolute Gasteiger partial charge is 0.233 e. The van der Waals surface area contributed by atoms with Crippen LogP contribution in [0.1, 0.15) is 12.5 Å². The standard InChI is InChI=1S/C21H21FN4OS/c1-3-13-26-19(17-7-5-4-6-8-17)24-25-21(26)28-15(2)20(27)23-14-16-9-11-18(22)12-10-16/h3-12,15H,1,13-14H2,2H3,(H,23,27)/t15-/m0/s1. The fourth-order valence-corrected chi connectivity index (χ4v) is 3.50. The van der Waals surface area contributed by atoms with Crippen molar-refractivity contribution in [3.63, 3.8) is 0 Å². The number of thioether (sulfide) groups is 1. The molecule has 5 nitrogen and oxygen atoms in total. The molecule has 1 aromatic heterocycles. The van der Waals surface area contributed by atoms with Crippen molar-refractivity contribution in [2.45, 2.75) is 30.4 Å². The zero-order valence-corrected chi connectivity index (χ0v) is 16.3.